The number of pyridine rings is 1. The van der Waals surface area contributed by atoms with Crippen LogP contribution in [0.4, 0.5) is 0 Å². The van der Waals surface area contributed by atoms with Crippen molar-refractivity contribution in [3.05, 3.63) is 93.4 Å². The van der Waals surface area contributed by atoms with E-state index in [2.05, 4.69) is 15.3 Å². The lowest BCUT2D eigenvalue weighted by atomic mass is 9.78. The largest absolute Gasteiger partial charge is 0.489 e. The van der Waals surface area contributed by atoms with Gasteiger partial charge in [-0.05, 0) is 102 Å². The molecule has 0 atom stereocenters. The summed E-state index contributed by atoms with van der Waals surface area (Å²) in [6, 6.07) is 16.8. The number of carbonyl (C=O) groups excluding carboxylic acids is 3. The van der Waals surface area contributed by atoms with Crippen LogP contribution in [-0.2, 0) is 32.2 Å². The predicted molar refractivity (Wildman–Crippen MR) is 172 cm³/mol. The Hall–Kier alpha value is -4.64. The molecule has 46 heavy (non-hydrogen) atoms. The van der Waals surface area contributed by atoms with Crippen molar-refractivity contribution >= 4 is 40.4 Å². The molecule has 0 aliphatic rings. The van der Waals surface area contributed by atoms with E-state index in [0.717, 1.165) is 10.2 Å². The molecule has 0 N–H and O–H groups in total. The van der Waals surface area contributed by atoms with Gasteiger partial charge in [0.2, 0.25) is 0 Å². The molecule has 4 rings (SSSR count). The van der Waals surface area contributed by atoms with Gasteiger partial charge in [-0.25, -0.2) is 9.67 Å². The summed E-state index contributed by atoms with van der Waals surface area (Å²) in [5, 5.41) is 8.60. The van der Waals surface area contributed by atoms with Crippen LogP contribution in [0.2, 0.25) is 5.02 Å². The molecule has 0 radical (unpaired) electrons. The number of Topliss-reactive ketones (excluding diaryl/α,β-unsaturated/α-hetero) is 1. The van der Waals surface area contributed by atoms with Gasteiger partial charge in [0.15, 0.2) is 16.7 Å². The Bertz CT molecular complexity index is 1760. The summed E-state index contributed by atoms with van der Waals surface area (Å²) in [6.45, 7) is 9.93. The molecule has 12 heteroatoms. The van der Waals surface area contributed by atoms with Gasteiger partial charge in [0.05, 0.1) is 0 Å². The van der Waals surface area contributed by atoms with Crippen LogP contribution in [0.3, 0.4) is 0 Å². The summed E-state index contributed by atoms with van der Waals surface area (Å²) in [5.41, 5.74) is -3.21. The molecule has 0 aliphatic heterocycles. The van der Waals surface area contributed by atoms with Gasteiger partial charge in [0.25, 0.3) is 5.56 Å². The fraction of sp³-hybridized carbons (Fsp3) is 0.382. The van der Waals surface area contributed by atoms with Gasteiger partial charge in [-0.3, -0.25) is 19.2 Å². The maximum Gasteiger partial charge on any atom is 0.324 e. The van der Waals surface area contributed by atoms with Gasteiger partial charge >= 0.3 is 11.9 Å². The van der Waals surface area contributed by atoms with E-state index in [1.165, 1.54) is 6.20 Å². The first-order valence-electron chi connectivity index (χ1n) is 14.7. The van der Waals surface area contributed by atoms with Gasteiger partial charge in [-0.1, -0.05) is 28.9 Å². The Kier molecular flexibility index (Phi) is 10.3. The highest BCUT2D eigenvalue weighted by molar-refractivity contribution is 6.30. The quantitative estimate of drug-likeness (QED) is 0.112. The van der Waals surface area contributed by atoms with E-state index in [-0.39, 0.29) is 30.7 Å². The van der Waals surface area contributed by atoms with Gasteiger partial charge in [-0.2, -0.15) is 0 Å². The van der Waals surface area contributed by atoms with E-state index in [1.807, 2.05) is 12.1 Å². The highest BCUT2D eigenvalue weighted by Crippen LogP contribution is 2.36. The molecular weight excluding hydrogens is 612 g/mol. The summed E-state index contributed by atoms with van der Waals surface area (Å²) in [4.78, 5) is 59.0. The Labute approximate surface area is 271 Å². The molecule has 2 aromatic carbocycles. The average Bonchev–Trinajstić information content (AvgIpc) is 2.97. The zero-order valence-electron chi connectivity index (χ0n) is 26.7. The van der Waals surface area contributed by atoms with Crippen LogP contribution < -0.4 is 10.3 Å². The van der Waals surface area contributed by atoms with E-state index in [4.69, 9.17) is 25.8 Å². The highest BCUT2D eigenvalue weighted by Gasteiger charge is 2.52. The van der Waals surface area contributed by atoms with Crippen LogP contribution in [0.25, 0.3) is 11.0 Å². The van der Waals surface area contributed by atoms with Crippen LogP contribution >= 0.6 is 11.6 Å². The number of hydrogen-bond donors (Lipinski definition) is 0. The molecule has 0 spiro atoms. The molecule has 0 fully saturated rings. The van der Waals surface area contributed by atoms with Crippen molar-refractivity contribution < 1.29 is 28.6 Å². The van der Waals surface area contributed by atoms with Crippen molar-refractivity contribution in [2.24, 2.45) is 5.41 Å². The number of rotatable bonds is 11. The van der Waals surface area contributed by atoms with Crippen molar-refractivity contribution in [3.63, 3.8) is 0 Å². The Morgan fingerprint density at radius 2 is 1.52 bits per heavy atom. The van der Waals surface area contributed by atoms with Crippen molar-refractivity contribution in [1.82, 2.24) is 20.0 Å². The summed E-state index contributed by atoms with van der Waals surface area (Å²) in [5.74, 6) is -1.92. The number of ether oxygens (including phenoxy) is 3. The number of aryl methyl sites for hydroxylation is 1. The molecule has 2 aromatic heterocycles. The first-order chi connectivity index (χ1) is 21.6. The Balaban J connectivity index is 1.66. The normalized spacial score (nSPS) is 12.1. The first-order valence-corrected chi connectivity index (χ1v) is 15.1. The van der Waals surface area contributed by atoms with Gasteiger partial charge in [0.1, 0.15) is 29.1 Å². The van der Waals surface area contributed by atoms with Gasteiger partial charge in [0, 0.05) is 29.7 Å². The fourth-order valence-corrected chi connectivity index (χ4v) is 4.74. The summed E-state index contributed by atoms with van der Waals surface area (Å²) in [6.07, 6.45) is 0.525. The number of benzene rings is 2. The van der Waals surface area contributed by atoms with Crippen LogP contribution in [0.1, 0.15) is 70.3 Å². The van der Waals surface area contributed by atoms with Crippen molar-refractivity contribution in [2.75, 3.05) is 0 Å². The highest BCUT2D eigenvalue weighted by atomic mass is 35.5. The number of hydrogen-bond acceptors (Lipinski definition) is 10. The van der Waals surface area contributed by atoms with E-state index >= 15 is 0 Å². The third-order valence-electron chi connectivity index (χ3n) is 6.75. The van der Waals surface area contributed by atoms with Crippen molar-refractivity contribution in [1.29, 1.82) is 0 Å². The first kappa shape index (κ1) is 34.2. The minimum absolute atomic E-state index is 0.0754. The molecule has 0 aliphatic carbocycles. The Morgan fingerprint density at radius 3 is 2.13 bits per heavy atom. The zero-order valence-corrected chi connectivity index (χ0v) is 27.5. The lowest BCUT2D eigenvalue weighted by Gasteiger charge is -2.34. The second kappa shape index (κ2) is 13.8. The molecule has 0 bridgehead atoms. The minimum atomic E-state index is -2.13. The molecule has 11 nitrogen and oxygen atoms in total. The maximum absolute atomic E-state index is 14.0. The Morgan fingerprint density at radius 1 is 0.870 bits per heavy atom. The van der Waals surface area contributed by atoms with E-state index < -0.39 is 46.3 Å². The third-order valence-corrected chi connectivity index (χ3v) is 6.98. The lowest BCUT2D eigenvalue weighted by Crippen LogP contribution is -2.49. The molecule has 242 valence electrons. The van der Waals surface area contributed by atoms with E-state index in [9.17, 15) is 19.2 Å². The van der Waals surface area contributed by atoms with Gasteiger partial charge in [-0.15, -0.1) is 5.10 Å². The standard InChI is InChI=1S/C34H37ClN4O7/c1-32(2,3)45-30(42)34(31(43)46-33(4,5)6,16-18-39-29(41)28-26(37-38-39)11-8-17-36-28)20-27(40)23-12-14-25(15-13-23)44-21-22-9-7-10-24(35)19-22/h7-15,17,19H,16,18,20-21H2,1-6H3. The number of esters is 2. The second-order valence-electron chi connectivity index (χ2n) is 12.9. The number of aromatic nitrogens is 4. The van der Waals surface area contributed by atoms with Crippen LogP contribution in [0.5, 0.6) is 5.75 Å². The monoisotopic (exact) mass is 648 g/mol. The summed E-state index contributed by atoms with van der Waals surface area (Å²) in [7, 11) is 0. The topological polar surface area (TPSA) is 140 Å². The van der Waals surface area contributed by atoms with Crippen LogP contribution in [0.15, 0.2) is 71.7 Å². The van der Waals surface area contributed by atoms with E-state index in [1.54, 1.807) is 90.1 Å². The SMILES string of the molecule is CC(C)(C)OC(=O)C(CCn1nnc2cccnc2c1=O)(CC(=O)c1ccc(OCc2cccc(Cl)c2)cc1)C(=O)OC(C)(C)C. The van der Waals surface area contributed by atoms with Crippen molar-refractivity contribution in [3.8, 4) is 5.75 Å². The molecule has 0 saturated carbocycles. The number of carbonyl (C=O) groups is 3. The number of ketones is 1. The van der Waals surface area contributed by atoms with Gasteiger partial charge < -0.3 is 14.2 Å². The average molecular weight is 649 g/mol. The molecule has 0 unspecified atom stereocenters. The molecule has 2 heterocycles. The molecular formula is C34H37ClN4O7. The second-order valence-corrected chi connectivity index (χ2v) is 13.3. The summed E-state index contributed by atoms with van der Waals surface area (Å²) >= 11 is 6.05. The molecule has 0 amide bonds. The molecule has 4 aromatic rings. The smallest absolute Gasteiger partial charge is 0.324 e. The van der Waals surface area contributed by atoms with E-state index in [0.29, 0.717) is 16.3 Å². The molecule has 0 saturated heterocycles. The number of nitrogens with zero attached hydrogens (tertiary/aromatic N) is 4. The lowest BCUT2D eigenvalue weighted by molar-refractivity contribution is -0.186. The maximum atomic E-state index is 14.0. The number of halogens is 1. The zero-order chi connectivity index (χ0) is 33.7. The predicted octanol–water partition coefficient (Wildman–Crippen LogP) is 5.75. The third kappa shape index (κ3) is 8.75. The summed E-state index contributed by atoms with van der Waals surface area (Å²) < 4.78 is 18.3. The minimum Gasteiger partial charge on any atom is -0.489 e. The van der Waals surface area contributed by atoms with Crippen LogP contribution in [-0.4, -0.2) is 48.9 Å². The van der Waals surface area contributed by atoms with Crippen molar-refractivity contribution in [2.45, 2.75) is 78.7 Å². The fourth-order valence-electron chi connectivity index (χ4n) is 4.53. The number of fused-ring (bicyclic) bond motifs is 1. The van der Waals surface area contributed by atoms with Crippen LogP contribution in [0, 0.1) is 5.41 Å².